The monoisotopic (exact) mass is 264 g/mol. The zero-order valence-corrected chi connectivity index (χ0v) is 11.2. The van der Waals surface area contributed by atoms with Gasteiger partial charge in [0.1, 0.15) is 0 Å². The molecule has 0 radical (unpaired) electrons. The standard InChI is InChI=1S/C14H20N2O3/c1-19-14(18)12-3-2-6-15-13(12)9-16-7-4-11(10-17)5-8-16/h2-3,6,11,17H,4-5,7-10H2,1H3. The molecular weight excluding hydrogens is 244 g/mol. The highest BCUT2D eigenvalue weighted by Gasteiger charge is 2.21. The van der Waals surface area contributed by atoms with E-state index in [1.54, 1.807) is 18.3 Å². The van der Waals surface area contributed by atoms with Crippen LogP contribution in [-0.4, -0.2) is 47.8 Å². The van der Waals surface area contributed by atoms with Gasteiger partial charge in [0.2, 0.25) is 0 Å². The van der Waals surface area contributed by atoms with Crippen LogP contribution in [0.15, 0.2) is 18.3 Å². The molecule has 1 aromatic rings. The minimum atomic E-state index is -0.339. The first kappa shape index (κ1) is 14.0. The Balaban J connectivity index is 2.01. The molecule has 2 heterocycles. The van der Waals surface area contributed by atoms with E-state index in [0.29, 0.717) is 18.0 Å². The molecule has 1 aliphatic rings. The molecule has 0 atom stereocenters. The third-order valence-corrected chi connectivity index (χ3v) is 3.63. The van der Waals surface area contributed by atoms with E-state index >= 15 is 0 Å². The van der Waals surface area contributed by atoms with E-state index in [0.717, 1.165) is 31.6 Å². The van der Waals surface area contributed by atoms with Crippen LogP contribution >= 0.6 is 0 Å². The Morgan fingerprint density at radius 2 is 2.26 bits per heavy atom. The third kappa shape index (κ3) is 3.52. The minimum absolute atomic E-state index is 0.269. The molecule has 0 aromatic carbocycles. The lowest BCUT2D eigenvalue weighted by atomic mass is 9.97. The van der Waals surface area contributed by atoms with Gasteiger partial charge >= 0.3 is 5.97 Å². The number of carbonyl (C=O) groups excluding carboxylic acids is 1. The summed E-state index contributed by atoms with van der Waals surface area (Å²) >= 11 is 0. The van der Waals surface area contributed by atoms with Crippen molar-refractivity contribution in [2.45, 2.75) is 19.4 Å². The second-order valence-corrected chi connectivity index (χ2v) is 4.89. The van der Waals surface area contributed by atoms with Crippen LogP contribution in [0.1, 0.15) is 28.9 Å². The quantitative estimate of drug-likeness (QED) is 0.824. The summed E-state index contributed by atoms with van der Waals surface area (Å²) in [6, 6.07) is 3.49. The van der Waals surface area contributed by atoms with Gasteiger partial charge in [-0.2, -0.15) is 0 Å². The number of nitrogens with zero attached hydrogens (tertiary/aromatic N) is 2. The highest BCUT2D eigenvalue weighted by molar-refractivity contribution is 5.90. The second kappa shape index (κ2) is 6.63. The van der Waals surface area contributed by atoms with Gasteiger partial charge in [0, 0.05) is 19.3 Å². The van der Waals surface area contributed by atoms with Gasteiger partial charge < -0.3 is 9.84 Å². The summed E-state index contributed by atoms with van der Waals surface area (Å²) in [4.78, 5) is 18.2. The van der Waals surface area contributed by atoms with E-state index in [4.69, 9.17) is 9.84 Å². The van der Waals surface area contributed by atoms with Gasteiger partial charge in [0.25, 0.3) is 0 Å². The van der Waals surface area contributed by atoms with E-state index in [1.165, 1.54) is 7.11 Å². The number of rotatable bonds is 4. The van der Waals surface area contributed by atoms with Gasteiger partial charge in [-0.3, -0.25) is 9.88 Å². The molecule has 0 unspecified atom stereocenters. The molecule has 1 saturated heterocycles. The van der Waals surface area contributed by atoms with Crippen LogP contribution in [-0.2, 0) is 11.3 Å². The summed E-state index contributed by atoms with van der Waals surface area (Å²) in [7, 11) is 1.38. The van der Waals surface area contributed by atoms with Crippen molar-refractivity contribution in [2.24, 2.45) is 5.92 Å². The Hall–Kier alpha value is -1.46. The van der Waals surface area contributed by atoms with Gasteiger partial charge in [-0.15, -0.1) is 0 Å². The highest BCUT2D eigenvalue weighted by atomic mass is 16.5. The molecule has 5 heteroatoms. The number of hydrogen-bond donors (Lipinski definition) is 1. The molecule has 5 nitrogen and oxygen atoms in total. The van der Waals surface area contributed by atoms with Crippen molar-refractivity contribution in [2.75, 3.05) is 26.8 Å². The maximum Gasteiger partial charge on any atom is 0.339 e. The van der Waals surface area contributed by atoms with E-state index in [9.17, 15) is 4.79 Å². The number of methoxy groups -OCH3 is 1. The van der Waals surface area contributed by atoms with Crippen LogP contribution < -0.4 is 0 Å². The Morgan fingerprint density at radius 1 is 1.53 bits per heavy atom. The molecule has 0 amide bonds. The predicted molar refractivity (Wildman–Crippen MR) is 70.7 cm³/mol. The second-order valence-electron chi connectivity index (χ2n) is 4.89. The van der Waals surface area contributed by atoms with Gasteiger partial charge in [-0.25, -0.2) is 4.79 Å². The van der Waals surface area contributed by atoms with E-state index in [-0.39, 0.29) is 12.6 Å². The number of aliphatic hydroxyl groups is 1. The van der Waals surface area contributed by atoms with Crippen molar-refractivity contribution >= 4 is 5.97 Å². The molecule has 1 aromatic heterocycles. The Labute approximate surface area is 113 Å². The Kier molecular flexibility index (Phi) is 4.87. The SMILES string of the molecule is COC(=O)c1cccnc1CN1CCC(CO)CC1. The maximum absolute atomic E-state index is 11.7. The van der Waals surface area contributed by atoms with Crippen LogP contribution in [0, 0.1) is 5.92 Å². The molecule has 0 aliphatic carbocycles. The van der Waals surface area contributed by atoms with E-state index < -0.39 is 0 Å². The van der Waals surface area contributed by atoms with Crippen LogP contribution in [0.3, 0.4) is 0 Å². The molecule has 1 aliphatic heterocycles. The van der Waals surface area contributed by atoms with Crippen LogP contribution in [0.5, 0.6) is 0 Å². The fourth-order valence-corrected chi connectivity index (χ4v) is 2.40. The topological polar surface area (TPSA) is 62.7 Å². The van der Waals surface area contributed by atoms with Crippen LogP contribution in [0.4, 0.5) is 0 Å². The smallest absolute Gasteiger partial charge is 0.339 e. The van der Waals surface area contributed by atoms with E-state index in [1.807, 2.05) is 0 Å². The van der Waals surface area contributed by atoms with Crippen molar-refractivity contribution in [3.63, 3.8) is 0 Å². The normalized spacial score (nSPS) is 17.4. The Morgan fingerprint density at radius 3 is 2.89 bits per heavy atom. The molecule has 0 bridgehead atoms. The first-order chi connectivity index (χ1) is 9.24. The fourth-order valence-electron chi connectivity index (χ4n) is 2.40. The van der Waals surface area contributed by atoms with Gasteiger partial charge in [-0.1, -0.05) is 0 Å². The van der Waals surface area contributed by atoms with Crippen molar-refractivity contribution in [1.29, 1.82) is 0 Å². The number of likely N-dealkylation sites (tertiary alicyclic amines) is 1. The summed E-state index contributed by atoms with van der Waals surface area (Å²) in [5, 5.41) is 9.12. The third-order valence-electron chi connectivity index (χ3n) is 3.63. The molecule has 0 saturated carbocycles. The number of carbonyl (C=O) groups is 1. The number of esters is 1. The van der Waals surface area contributed by atoms with Crippen molar-refractivity contribution in [3.8, 4) is 0 Å². The first-order valence-corrected chi connectivity index (χ1v) is 6.60. The lowest BCUT2D eigenvalue weighted by Gasteiger charge is -2.30. The van der Waals surface area contributed by atoms with Crippen molar-refractivity contribution in [1.82, 2.24) is 9.88 Å². The summed E-state index contributed by atoms with van der Waals surface area (Å²) in [6.45, 7) is 2.79. The summed E-state index contributed by atoms with van der Waals surface area (Å²) in [5.41, 5.74) is 1.30. The zero-order chi connectivity index (χ0) is 13.7. The number of aromatic nitrogens is 1. The van der Waals surface area contributed by atoms with Crippen molar-refractivity contribution < 1.29 is 14.6 Å². The number of ether oxygens (including phenoxy) is 1. The Bertz CT molecular complexity index is 428. The zero-order valence-electron chi connectivity index (χ0n) is 11.2. The molecule has 19 heavy (non-hydrogen) atoms. The largest absolute Gasteiger partial charge is 0.465 e. The maximum atomic E-state index is 11.7. The average Bonchev–Trinajstić information content (AvgIpc) is 2.48. The first-order valence-electron chi connectivity index (χ1n) is 6.60. The lowest BCUT2D eigenvalue weighted by molar-refractivity contribution is 0.0596. The van der Waals surface area contributed by atoms with Crippen molar-refractivity contribution in [3.05, 3.63) is 29.6 Å². The van der Waals surface area contributed by atoms with Gasteiger partial charge in [0.05, 0.1) is 18.4 Å². The molecular formula is C14H20N2O3. The number of pyridine rings is 1. The molecule has 104 valence electrons. The highest BCUT2D eigenvalue weighted by Crippen LogP contribution is 2.19. The number of aliphatic hydroxyl groups excluding tert-OH is 1. The molecule has 1 fully saturated rings. The van der Waals surface area contributed by atoms with Crippen LogP contribution in [0.2, 0.25) is 0 Å². The predicted octanol–water partition coefficient (Wildman–Crippen LogP) is 1.07. The molecule has 1 N–H and O–H groups in total. The molecule has 2 rings (SSSR count). The fraction of sp³-hybridized carbons (Fsp3) is 0.571. The minimum Gasteiger partial charge on any atom is -0.465 e. The van der Waals surface area contributed by atoms with E-state index in [2.05, 4.69) is 9.88 Å². The average molecular weight is 264 g/mol. The number of hydrogen-bond acceptors (Lipinski definition) is 5. The molecule has 0 spiro atoms. The summed E-state index contributed by atoms with van der Waals surface area (Å²) in [6.07, 6.45) is 3.69. The van der Waals surface area contributed by atoms with Gasteiger partial charge in [-0.05, 0) is 44.0 Å². The summed E-state index contributed by atoms with van der Waals surface area (Å²) in [5.74, 6) is 0.0772. The van der Waals surface area contributed by atoms with Crippen LogP contribution in [0.25, 0.3) is 0 Å². The lowest BCUT2D eigenvalue weighted by Crippen LogP contribution is -2.35. The van der Waals surface area contributed by atoms with Gasteiger partial charge in [0.15, 0.2) is 0 Å². The number of piperidine rings is 1. The summed E-state index contributed by atoms with van der Waals surface area (Å²) < 4.78 is 4.77.